The van der Waals surface area contributed by atoms with Crippen LogP contribution in [0.15, 0.2) is 22.7 Å². The fourth-order valence-electron chi connectivity index (χ4n) is 1.54. The van der Waals surface area contributed by atoms with Crippen molar-refractivity contribution in [1.29, 1.82) is 0 Å². The van der Waals surface area contributed by atoms with Crippen molar-refractivity contribution in [3.8, 4) is 0 Å². The number of rotatable bonds is 3. The summed E-state index contributed by atoms with van der Waals surface area (Å²) in [5.74, 6) is -0.131. The van der Waals surface area contributed by atoms with E-state index < -0.39 is 0 Å². The summed E-state index contributed by atoms with van der Waals surface area (Å²) in [5.41, 5.74) is 0.742. The molecule has 14 heavy (non-hydrogen) atoms. The van der Waals surface area contributed by atoms with Gasteiger partial charge >= 0.3 is 0 Å². The van der Waals surface area contributed by atoms with Crippen molar-refractivity contribution >= 4 is 15.9 Å². The van der Waals surface area contributed by atoms with Crippen LogP contribution in [0, 0.1) is 5.82 Å². The smallest absolute Gasteiger partial charge is 0.128 e. The lowest BCUT2D eigenvalue weighted by molar-refractivity contribution is 0.526. The molecule has 1 nitrogen and oxygen atoms in total. The molecule has 0 heterocycles. The normalized spacial score (nSPS) is 18.2. The molecule has 76 valence electrons. The van der Waals surface area contributed by atoms with Gasteiger partial charge in [-0.1, -0.05) is 15.9 Å². The van der Waals surface area contributed by atoms with Gasteiger partial charge in [0.1, 0.15) is 5.82 Å². The van der Waals surface area contributed by atoms with Crippen LogP contribution in [0.3, 0.4) is 0 Å². The average Bonchev–Trinajstić information content (AvgIpc) is 2.93. The molecule has 2 rings (SSSR count). The lowest BCUT2D eigenvalue weighted by atomic mass is 10.1. The third kappa shape index (κ3) is 2.34. The standard InChI is InChI=1S/C11H13BrFN/c1-7(14-9-3-4-9)10-6-8(12)2-5-11(10)13/h2,5-7,9,14H,3-4H2,1H3. The first-order valence-electron chi connectivity index (χ1n) is 4.88. The predicted molar refractivity (Wildman–Crippen MR) is 58.7 cm³/mol. The van der Waals surface area contributed by atoms with E-state index in [0.29, 0.717) is 6.04 Å². The Hall–Kier alpha value is -0.410. The highest BCUT2D eigenvalue weighted by Gasteiger charge is 2.24. The van der Waals surface area contributed by atoms with E-state index in [-0.39, 0.29) is 11.9 Å². The van der Waals surface area contributed by atoms with Gasteiger partial charge in [-0.2, -0.15) is 0 Å². The number of benzene rings is 1. The third-order valence-electron chi connectivity index (χ3n) is 2.49. The van der Waals surface area contributed by atoms with Gasteiger partial charge in [0.05, 0.1) is 0 Å². The minimum atomic E-state index is -0.131. The molecule has 0 amide bonds. The van der Waals surface area contributed by atoms with Crippen LogP contribution in [0.4, 0.5) is 4.39 Å². The lowest BCUT2D eigenvalue weighted by Crippen LogP contribution is -2.21. The van der Waals surface area contributed by atoms with E-state index in [1.807, 2.05) is 13.0 Å². The Morgan fingerprint density at radius 2 is 2.21 bits per heavy atom. The van der Waals surface area contributed by atoms with Crippen LogP contribution in [-0.2, 0) is 0 Å². The molecular weight excluding hydrogens is 245 g/mol. The third-order valence-corrected chi connectivity index (χ3v) is 2.98. The van der Waals surface area contributed by atoms with Crippen LogP contribution in [0.1, 0.15) is 31.4 Å². The van der Waals surface area contributed by atoms with E-state index >= 15 is 0 Å². The van der Waals surface area contributed by atoms with Crippen molar-refractivity contribution in [3.05, 3.63) is 34.1 Å². The van der Waals surface area contributed by atoms with Crippen LogP contribution < -0.4 is 5.32 Å². The molecule has 1 atom stereocenters. The summed E-state index contributed by atoms with van der Waals surface area (Å²) in [5, 5.41) is 3.38. The Morgan fingerprint density at radius 1 is 1.50 bits per heavy atom. The molecule has 0 radical (unpaired) electrons. The number of hydrogen-bond acceptors (Lipinski definition) is 1. The van der Waals surface area contributed by atoms with Crippen molar-refractivity contribution < 1.29 is 4.39 Å². The second-order valence-corrected chi connectivity index (χ2v) is 4.74. The van der Waals surface area contributed by atoms with Gasteiger partial charge < -0.3 is 5.32 Å². The van der Waals surface area contributed by atoms with Crippen LogP contribution in [0.5, 0.6) is 0 Å². The van der Waals surface area contributed by atoms with Gasteiger partial charge in [0.2, 0.25) is 0 Å². The molecule has 1 aromatic rings. The second-order valence-electron chi connectivity index (χ2n) is 3.83. The first-order chi connectivity index (χ1) is 6.66. The molecule has 1 aliphatic rings. The lowest BCUT2D eigenvalue weighted by Gasteiger charge is -2.14. The van der Waals surface area contributed by atoms with E-state index in [1.54, 1.807) is 6.07 Å². The zero-order valence-electron chi connectivity index (χ0n) is 8.06. The van der Waals surface area contributed by atoms with E-state index in [0.717, 1.165) is 10.0 Å². The minimum absolute atomic E-state index is 0.0972. The number of halogens is 2. The largest absolute Gasteiger partial charge is 0.307 e. The van der Waals surface area contributed by atoms with Crippen LogP contribution >= 0.6 is 15.9 Å². The summed E-state index contributed by atoms with van der Waals surface area (Å²) in [6.07, 6.45) is 2.44. The molecule has 1 unspecified atom stereocenters. The molecule has 0 saturated heterocycles. The van der Waals surface area contributed by atoms with Crippen molar-refractivity contribution in [2.45, 2.75) is 31.8 Å². The molecule has 0 aliphatic heterocycles. The molecule has 0 aromatic heterocycles. The Kier molecular flexibility index (Phi) is 2.88. The monoisotopic (exact) mass is 257 g/mol. The van der Waals surface area contributed by atoms with E-state index in [9.17, 15) is 4.39 Å². The SMILES string of the molecule is CC(NC1CC1)c1cc(Br)ccc1F. The summed E-state index contributed by atoms with van der Waals surface area (Å²) < 4.78 is 14.4. The Morgan fingerprint density at radius 3 is 2.86 bits per heavy atom. The Labute approximate surface area is 91.8 Å². The number of hydrogen-bond donors (Lipinski definition) is 1. The first-order valence-corrected chi connectivity index (χ1v) is 5.67. The fraction of sp³-hybridized carbons (Fsp3) is 0.455. The summed E-state index contributed by atoms with van der Waals surface area (Å²) in [7, 11) is 0. The van der Waals surface area contributed by atoms with Crippen LogP contribution in [0.2, 0.25) is 0 Å². The quantitative estimate of drug-likeness (QED) is 0.876. The molecule has 0 bridgehead atoms. The average molecular weight is 258 g/mol. The maximum atomic E-state index is 13.4. The Bertz CT molecular complexity index is 336. The Balaban J connectivity index is 2.15. The fourth-order valence-corrected chi connectivity index (χ4v) is 1.92. The van der Waals surface area contributed by atoms with Crippen LogP contribution in [-0.4, -0.2) is 6.04 Å². The molecule has 1 N–H and O–H groups in total. The van der Waals surface area contributed by atoms with Crippen molar-refractivity contribution in [2.75, 3.05) is 0 Å². The minimum Gasteiger partial charge on any atom is -0.307 e. The second kappa shape index (κ2) is 3.99. The maximum Gasteiger partial charge on any atom is 0.128 e. The molecule has 3 heteroatoms. The summed E-state index contributed by atoms with van der Waals surface area (Å²) >= 11 is 3.35. The number of nitrogens with one attached hydrogen (secondary N) is 1. The van der Waals surface area contributed by atoms with Gasteiger partial charge in [0, 0.05) is 22.1 Å². The van der Waals surface area contributed by atoms with E-state index in [1.165, 1.54) is 18.9 Å². The molecule has 1 aromatic carbocycles. The van der Waals surface area contributed by atoms with Crippen molar-refractivity contribution in [1.82, 2.24) is 5.32 Å². The molecule has 0 spiro atoms. The van der Waals surface area contributed by atoms with Gasteiger partial charge in [-0.05, 0) is 38.0 Å². The molecule has 1 saturated carbocycles. The predicted octanol–water partition coefficient (Wildman–Crippen LogP) is 3.40. The zero-order valence-corrected chi connectivity index (χ0v) is 9.64. The van der Waals surface area contributed by atoms with Gasteiger partial charge in [-0.3, -0.25) is 0 Å². The molecule has 1 fully saturated rings. The van der Waals surface area contributed by atoms with Crippen molar-refractivity contribution in [2.24, 2.45) is 0 Å². The summed E-state index contributed by atoms with van der Waals surface area (Å²) in [6.45, 7) is 2.00. The van der Waals surface area contributed by atoms with Gasteiger partial charge in [-0.25, -0.2) is 4.39 Å². The summed E-state index contributed by atoms with van der Waals surface area (Å²) in [4.78, 5) is 0. The highest BCUT2D eigenvalue weighted by molar-refractivity contribution is 9.10. The topological polar surface area (TPSA) is 12.0 Å². The maximum absolute atomic E-state index is 13.4. The van der Waals surface area contributed by atoms with Gasteiger partial charge in [0.15, 0.2) is 0 Å². The van der Waals surface area contributed by atoms with Crippen molar-refractivity contribution in [3.63, 3.8) is 0 Å². The molecular formula is C11H13BrFN. The highest BCUT2D eigenvalue weighted by Crippen LogP contribution is 2.26. The van der Waals surface area contributed by atoms with Crippen LogP contribution in [0.25, 0.3) is 0 Å². The first kappa shape index (κ1) is 10.1. The summed E-state index contributed by atoms with van der Waals surface area (Å²) in [6, 6.07) is 5.77. The highest BCUT2D eigenvalue weighted by atomic mass is 79.9. The molecule has 1 aliphatic carbocycles. The van der Waals surface area contributed by atoms with Gasteiger partial charge in [0.25, 0.3) is 0 Å². The van der Waals surface area contributed by atoms with E-state index in [2.05, 4.69) is 21.2 Å². The zero-order chi connectivity index (χ0) is 10.1. The van der Waals surface area contributed by atoms with Gasteiger partial charge in [-0.15, -0.1) is 0 Å². The van der Waals surface area contributed by atoms with E-state index in [4.69, 9.17) is 0 Å².